The maximum absolute atomic E-state index is 10.8. The number of carbonyl (C=O) groups is 1. The van der Waals surface area contributed by atoms with Crippen molar-refractivity contribution >= 4 is 19.8 Å². The van der Waals surface area contributed by atoms with E-state index in [2.05, 4.69) is 0 Å². The van der Waals surface area contributed by atoms with Gasteiger partial charge < -0.3 is 4.80 Å². The van der Waals surface area contributed by atoms with Gasteiger partial charge in [-0.2, -0.15) is 0 Å². The molecule has 0 amide bonds. The Labute approximate surface area is 85.7 Å². The van der Waals surface area contributed by atoms with E-state index >= 15 is 0 Å². The van der Waals surface area contributed by atoms with Crippen molar-refractivity contribution in [2.45, 2.75) is 25.9 Å². The fraction of sp³-hybridized carbons (Fsp3) is 0.364. The number of hydrogen-bond acceptors (Lipinski definition) is 2. The number of carbonyl (C=O) groups excluding carboxylic acids is 1. The standard InChI is InChI=1S/C11H16O2Si/c1-3-14(13,4-2)11-8-6-5-7-10(11)9-12/h5-9,13H,3-4H2,1-2H3. The average Bonchev–Trinajstić information content (AvgIpc) is 2.28. The molecule has 0 atom stereocenters. The molecule has 0 spiro atoms. The minimum absolute atomic E-state index is 0.644. The monoisotopic (exact) mass is 208 g/mol. The first kappa shape index (κ1) is 11.1. The predicted molar refractivity (Wildman–Crippen MR) is 60.4 cm³/mol. The lowest BCUT2D eigenvalue weighted by atomic mass is 10.2. The molecule has 0 unspecified atom stereocenters. The maximum atomic E-state index is 10.8. The molecular formula is C11H16O2Si. The third-order valence-electron chi connectivity index (χ3n) is 2.76. The van der Waals surface area contributed by atoms with E-state index in [1.807, 2.05) is 32.0 Å². The van der Waals surface area contributed by atoms with Gasteiger partial charge in [0.05, 0.1) is 0 Å². The maximum Gasteiger partial charge on any atom is 0.220 e. The molecule has 0 heterocycles. The van der Waals surface area contributed by atoms with Gasteiger partial charge in [-0.3, -0.25) is 4.79 Å². The number of aldehydes is 1. The van der Waals surface area contributed by atoms with Crippen LogP contribution in [0.4, 0.5) is 0 Å². The molecule has 0 aromatic heterocycles. The van der Waals surface area contributed by atoms with E-state index in [9.17, 15) is 9.59 Å². The molecule has 0 fully saturated rings. The van der Waals surface area contributed by atoms with Crippen molar-refractivity contribution in [2.24, 2.45) is 0 Å². The van der Waals surface area contributed by atoms with Gasteiger partial charge in [-0.25, -0.2) is 0 Å². The summed E-state index contributed by atoms with van der Waals surface area (Å²) in [5, 5.41) is 0.875. The first-order valence-corrected chi connectivity index (χ1v) is 7.31. The Hall–Kier alpha value is -0.933. The number of rotatable bonds is 4. The van der Waals surface area contributed by atoms with Crippen LogP contribution in [0.15, 0.2) is 24.3 Å². The van der Waals surface area contributed by atoms with Gasteiger partial charge in [0.25, 0.3) is 0 Å². The molecule has 14 heavy (non-hydrogen) atoms. The van der Waals surface area contributed by atoms with E-state index in [-0.39, 0.29) is 0 Å². The second-order valence-electron chi connectivity index (χ2n) is 3.44. The van der Waals surface area contributed by atoms with E-state index in [0.29, 0.717) is 5.56 Å². The second-order valence-corrected chi connectivity index (χ2v) is 7.46. The Bertz CT molecular complexity index is 319. The molecule has 0 saturated heterocycles. The quantitative estimate of drug-likeness (QED) is 0.604. The average molecular weight is 208 g/mol. The molecule has 0 radical (unpaired) electrons. The molecule has 1 rings (SSSR count). The highest BCUT2D eigenvalue weighted by molar-refractivity contribution is 6.86. The Kier molecular flexibility index (Phi) is 3.60. The lowest BCUT2D eigenvalue weighted by Crippen LogP contribution is -2.48. The van der Waals surface area contributed by atoms with E-state index in [1.54, 1.807) is 6.07 Å². The van der Waals surface area contributed by atoms with Crippen LogP contribution in [-0.4, -0.2) is 19.4 Å². The molecule has 0 aliphatic carbocycles. The van der Waals surface area contributed by atoms with Gasteiger partial charge in [-0.15, -0.1) is 0 Å². The minimum atomic E-state index is -2.37. The fourth-order valence-corrected chi connectivity index (χ4v) is 4.00. The van der Waals surface area contributed by atoms with Crippen molar-refractivity contribution in [3.05, 3.63) is 29.8 Å². The smallest absolute Gasteiger partial charge is 0.220 e. The summed E-state index contributed by atoms with van der Waals surface area (Å²) in [6, 6.07) is 8.87. The number of hydrogen-bond donors (Lipinski definition) is 1. The Morgan fingerprint density at radius 2 is 1.86 bits per heavy atom. The topological polar surface area (TPSA) is 37.3 Å². The molecule has 0 bridgehead atoms. The van der Waals surface area contributed by atoms with E-state index in [1.165, 1.54) is 0 Å². The first-order valence-electron chi connectivity index (χ1n) is 4.95. The summed E-state index contributed by atoms with van der Waals surface area (Å²) in [6.45, 7) is 3.97. The largest absolute Gasteiger partial charge is 0.427 e. The van der Waals surface area contributed by atoms with Gasteiger partial charge in [0.2, 0.25) is 8.32 Å². The molecule has 1 aromatic carbocycles. The Morgan fingerprint density at radius 3 is 2.36 bits per heavy atom. The second kappa shape index (κ2) is 4.53. The molecule has 2 nitrogen and oxygen atoms in total. The number of benzene rings is 1. The zero-order chi connectivity index (χ0) is 10.6. The molecule has 0 aliphatic heterocycles. The zero-order valence-corrected chi connectivity index (χ0v) is 9.66. The summed E-state index contributed by atoms with van der Waals surface area (Å²) in [5.74, 6) is 0. The van der Waals surface area contributed by atoms with Crippen LogP contribution in [0, 0.1) is 0 Å². The summed E-state index contributed by atoms with van der Waals surface area (Å²) in [6.07, 6.45) is 0.832. The fourth-order valence-electron chi connectivity index (χ4n) is 1.65. The highest BCUT2D eigenvalue weighted by Crippen LogP contribution is 2.13. The molecule has 76 valence electrons. The highest BCUT2D eigenvalue weighted by atomic mass is 28.4. The first-order chi connectivity index (χ1) is 6.68. The highest BCUT2D eigenvalue weighted by Gasteiger charge is 2.30. The molecular weight excluding hydrogens is 192 g/mol. The van der Waals surface area contributed by atoms with Crippen LogP contribution in [0.1, 0.15) is 24.2 Å². The van der Waals surface area contributed by atoms with Crippen LogP contribution in [-0.2, 0) is 0 Å². The zero-order valence-electron chi connectivity index (χ0n) is 8.66. The van der Waals surface area contributed by atoms with Crippen molar-refractivity contribution in [2.75, 3.05) is 0 Å². The van der Waals surface area contributed by atoms with Gasteiger partial charge in [-0.05, 0) is 17.3 Å². The van der Waals surface area contributed by atoms with Crippen molar-refractivity contribution < 1.29 is 9.59 Å². The van der Waals surface area contributed by atoms with E-state index < -0.39 is 8.32 Å². The van der Waals surface area contributed by atoms with Crippen molar-refractivity contribution in [1.82, 2.24) is 0 Å². The van der Waals surface area contributed by atoms with Crippen LogP contribution in [0.2, 0.25) is 12.1 Å². The van der Waals surface area contributed by atoms with Gasteiger partial charge in [-0.1, -0.05) is 38.1 Å². The van der Waals surface area contributed by atoms with Crippen LogP contribution in [0.3, 0.4) is 0 Å². The van der Waals surface area contributed by atoms with Crippen molar-refractivity contribution in [1.29, 1.82) is 0 Å². The summed E-state index contributed by atoms with van der Waals surface area (Å²) in [4.78, 5) is 21.2. The van der Waals surface area contributed by atoms with Crippen LogP contribution >= 0.6 is 0 Å². The third-order valence-corrected chi connectivity index (χ3v) is 6.56. The normalized spacial score (nSPS) is 11.4. The van der Waals surface area contributed by atoms with E-state index in [4.69, 9.17) is 0 Å². The van der Waals surface area contributed by atoms with Gasteiger partial charge in [0, 0.05) is 5.56 Å². The molecule has 0 aliphatic rings. The minimum Gasteiger partial charge on any atom is -0.427 e. The predicted octanol–water partition coefficient (Wildman–Crippen LogP) is 1.68. The molecule has 0 saturated carbocycles. The lowest BCUT2D eigenvalue weighted by Gasteiger charge is -2.23. The summed E-state index contributed by atoms with van der Waals surface area (Å²) in [7, 11) is -2.37. The molecule has 1 N–H and O–H groups in total. The summed E-state index contributed by atoms with van der Waals surface area (Å²) >= 11 is 0. The molecule has 1 aromatic rings. The van der Waals surface area contributed by atoms with Crippen LogP contribution < -0.4 is 5.19 Å². The Morgan fingerprint density at radius 1 is 1.29 bits per heavy atom. The van der Waals surface area contributed by atoms with Gasteiger partial charge >= 0.3 is 0 Å². The van der Waals surface area contributed by atoms with Crippen molar-refractivity contribution in [3.63, 3.8) is 0 Å². The molecule has 3 heteroatoms. The SMILES string of the molecule is CC[Si](O)(CC)c1ccccc1C=O. The summed E-state index contributed by atoms with van der Waals surface area (Å²) in [5.41, 5.74) is 0.644. The summed E-state index contributed by atoms with van der Waals surface area (Å²) < 4.78 is 0. The van der Waals surface area contributed by atoms with Crippen LogP contribution in [0.25, 0.3) is 0 Å². The van der Waals surface area contributed by atoms with Gasteiger partial charge in [0.15, 0.2) is 0 Å². The van der Waals surface area contributed by atoms with Crippen molar-refractivity contribution in [3.8, 4) is 0 Å². The third kappa shape index (κ3) is 1.94. The lowest BCUT2D eigenvalue weighted by molar-refractivity contribution is 0.112. The van der Waals surface area contributed by atoms with Crippen LogP contribution in [0.5, 0.6) is 0 Å². The van der Waals surface area contributed by atoms with E-state index in [0.717, 1.165) is 23.6 Å². The van der Waals surface area contributed by atoms with Gasteiger partial charge in [0.1, 0.15) is 6.29 Å². The Balaban J connectivity index is 3.22.